The molecule has 2 aromatic carbocycles. The van der Waals surface area contributed by atoms with Gasteiger partial charge in [0.1, 0.15) is 0 Å². The fraction of sp³-hybridized carbons (Fsp3) is 0.381. The second kappa shape index (κ2) is 6.77. The van der Waals surface area contributed by atoms with E-state index in [1.54, 1.807) is 6.92 Å². The van der Waals surface area contributed by atoms with E-state index in [2.05, 4.69) is 33.9 Å². The Morgan fingerprint density at radius 3 is 1.80 bits per heavy atom. The minimum Gasteiger partial charge on any atom is -0.479 e. The van der Waals surface area contributed by atoms with Gasteiger partial charge in [-0.3, -0.25) is 0 Å². The van der Waals surface area contributed by atoms with Gasteiger partial charge < -0.3 is 9.53 Å². The Morgan fingerprint density at radius 1 is 0.880 bits per heavy atom. The molecule has 2 aromatic rings. The Hall–Kier alpha value is -1.91. The zero-order chi connectivity index (χ0) is 18.9. The minimum absolute atomic E-state index is 0.0618. The molecule has 134 valence electrons. The van der Waals surface area contributed by atoms with E-state index in [0.29, 0.717) is 5.56 Å². The van der Waals surface area contributed by atoms with Crippen molar-refractivity contribution in [1.82, 2.24) is 0 Å². The molecule has 0 aliphatic heterocycles. The number of carbonyl (C=O) groups is 1. The van der Waals surface area contributed by atoms with Gasteiger partial charge in [-0.2, -0.15) is 0 Å². The lowest BCUT2D eigenvalue weighted by Gasteiger charge is -2.42. The summed E-state index contributed by atoms with van der Waals surface area (Å²) >= 11 is 0. The third-order valence-electron chi connectivity index (χ3n) is 5.22. The van der Waals surface area contributed by atoms with Gasteiger partial charge in [0.15, 0.2) is 13.9 Å². The number of hydrogen-bond donors (Lipinski definition) is 1. The van der Waals surface area contributed by atoms with Crippen LogP contribution in [0, 0.1) is 0 Å². The Kier molecular flexibility index (Phi) is 5.26. The van der Waals surface area contributed by atoms with Crippen molar-refractivity contribution in [2.75, 3.05) is 0 Å². The highest BCUT2D eigenvalue weighted by atomic mass is 28.4. The molecule has 4 heteroatoms. The highest BCUT2D eigenvalue weighted by Gasteiger charge is 2.47. The van der Waals surface area contributed by atoms with Crippen LogP contribution in [0.4, 0.5) is 0 Å². The van der Waals surface area contributed by atoms with Crippen LogP contribution in [0.3, 0.4) is 0 Å². The Bertz CT molecular complexity index is 730. The van der Waals surface area contributed by atoms with Crippen molar-refractivity contribution >= 4 is 14.3 Å². The van der Waals surface area contributed by atoms with Crippen LogP contribution in [0.25, 0.3) is 11.1 Å². The minimum atomic E-state index is -2.24. The lowest BCUT2D eigenvalue weighted by Crippen LogP contribution is -2.50. The molecule has 0 spiro atoms. The summed E-state index contributed by atoms with van der Waals surface area (Å²) in [5, 5.41) is 9.84. The van der Waals surface area contributed by atoms with E-state index in [0.717, 1.165) is 11.1 Å². The normalized spacial score (nSPS) is 14.8. The summed E-state index contributed by atoms with van der Waals surface area (Å²) in [4.78, 5) is 12.1. The van der Waals surface area contributed by atoms with Crippen LogP contribution in [0.5, 0.6) is 0 Å². The molecule has 1 atom stereocenters. The second-order valence-corrected chi connectivity index (χ2v) is 12.9. The molecule has 0 amide bonds. The predicted molar refractivity (Wildman–Crippen MR) is 105 cm³/mol. The standard InChI is InChI=1S/C21H28O3Si/c1-20(2,3)25(5,6)24-21(4,19(22)23)18-14-12-17(13-15-18)16-10-8-7-9-11-16/h7-15H,1-6H3,(H,22,23)/t21-/m1/s1. The number of aliphatic carboxylic acids is 1. The molecule has 25 heavy (non-hydrogen) atoms. The van der Waals surface area contributed by atoms with Gasteiger partial charge in [-0.05, 0) is 41.7 Å². The van der Waals surface area contributed by atoms with Crippen LogP contribution in [0.2, 0.25) is 18.1 Å². The molecule has 0 heterocycles. The van der Waals surface area contributed by atoms with Crippen LogP contribution < -0.4 is 0 Å². The summed E-state index contributed by atoms with van der Waals surface area (Å²) in [5.74, 6) is -0.954. The molecule has 0 bridgehead atoms. The van der Waals surface area contributed by atoms with Gasteiger partial charge >= 0.3 is 5.97 Å². The molecule has 3 nitrogen and oxygen atoms in total. The SMILES string of the molecule is CC(C)(C)[Si](C)(C)O[C@@](C)(C(=O)O)c1ccc(-c2ccccc2)cc1. The first kappa shape index (κ1) is 19.4. The van der Waals surface area contributed by atoms with Crippen molar-refractivity contribution in [3.8, 4) is 11.1 Å². The van der Waals surface area contributed by atoms with Gasteiger partial charge in [-0.1, -0.05) is 75.4 Å². The average Bonchev–Trinajstić information content (AvgIpc) is 2.54. The van der Waals surface area contributed by atoms with Crippen molar-refractivity contribution in [2.24, 2.45) is 0 Å². The van der Waals surface area contributed by atoms with Gasteiger partial charge in [0.25, 0.3) is 0 Å². The second-order valence-electron chi connectivity index (χ2n) is 8.14. The lowest BCUT2D eigenvalue weighted by atomic mass is 9.94. The quantitative estimate of drug-likeness (QED) is 0.702. The van der Waals surface area contributed by atoms with Crippen LogP contribution in [0.1, 0.15) is 33.3 Å². The number of carboxylic acids is 1. The van der Waals surface area contributed by atoms with E-state index in [4.69, 9.17) is 4.43 Å². The summed E-state index contributed by atoms with van der Waals surface area (Å²) in [7, 11) is -2.24. The fourth-order valence-corrected chi connectivity index (χ4v) is 4.03. The summed E-state index contributed by atoms with van der Waals surface area (Å²) in [5.41, 5.74) is 1.49. The average molecular weight is 357 g/mol. The highest BCUT2D eigenvalue weighted by Crippen LogP contribution is 2.42. The van der Waals surface area contributed by atoms with Crippen molar-refractivity contribution in [3.05, 3.63) is 60.2 Å². The number of carboxylic acid groups (broad SMARTS) is 1. The maximum absolute atomic E-state index is 12.1. The van der Waals surface area contributed by atoms with Crippen LogP contribution >= 0.6 is 0 Å². The molecule has 1 N–H and O–H groups in total. The molecular weight excluding hydrogens is 328 g/mol. The lowest BCUT2D eigenvalue weighted by molar-refractivity contribution is -0.155. The molecule has 0 aromatic heterocycles. The molecule has 2 rings (SSSR count). The van der Waals surface area contributed by atoms with Crippen molar-refractivity contribution in [3.63, 3.8) is 0 Å². The Labute approximate surface area is 151 Å². The van der Waals surface area contributed by atoms with E-state index < -0.39 is 19.9 Å². The van der Waals surface area contributed by atoms with Gasteiger partial charge in [0.2, 0.25) is 0 Å². The molecule has 0 radical (unpaired) electrons. The van der Waals surface area contributed by atoms with Gasteiger partial charge in [0, 0.05) is 0 Å². The third kappa shape index (κ3) is 4.02. The smallest absolute Gasteiger partial charge is 0.339 e. The number of benzene rings is 2. The maximum Gasteiger partial charge on any atom is 0.339 e. The Balaban J connectivity index is 2.39. The number of hydrogen-bond acceptors (Lipinski definition) is 2. The largest absolute Gasteiger partial charge is 0.479 e. The third-order valence-corrected chi connectivity index (χ3v) is 9.75. The molecule has 0 aliphatic carbocycles. The molecule has 0 saturated carbocycles. The summed E-state index contributed by atoms with van der Waals surface area (Å²) in [6, 6.07) is 17.7. The van der Waals surface area contributed by atoms with Crippen LogP contribution in [0.15, 0.2) is 54.6 Å². The van der Waals surface area contributed by atoms with Crippen molar-refractivity contribution in [2.45, 2.75) is 51.4 Å². The topological polar surface area (TPSA) is 46.5 Å². The predicted octanol–water partition coefficient (Wildman–Crippen LogP) is 5.68. The van der Waals surface area contributed by atoms with Gasteiger partial charge in [0.05, 0.1) is 0 Å². The summed E-state index contributed by atoms with van der Waals surface area (Å²) < 4.78 is 6.32. The van der Waals surface area contributed by atoms with E-state index in [9.17, 15) is 9.90 Å². The molecule has 0 aliphatic rings. The monoisotopic (exact) mass is 356 g/mol. The van der Waals surface area contributed by atoms with Crippen LogP contribution in [-0.2, 0) is 14.8 Å². The summed E-state index contributed by atoms with van der Waals surface area (Å²) in [6.45, 7) is 12.1. The first-order chi connectivity index (χ1) is 11.5. The zero-order valence-electron chi connectivity index (χ0n) is 16.0. The zero-order valence-corrected chi connectivity index (χ0v) is 17.0. The van der Waals surface area contributed by atoms with Crippen LogP contribution in [-0.4, -0.2) is 19.4 Å². The molecule has 0 fully saturated rings. The maximum atomic E-state index is 12.1. The molecule has 0 saturated heterocycles. The van der Waals surface area contributed by atoms with Crippen molar-refractivity contribution < 1.29 is 14.3 Å². The van der Waals surface area contributed by atoms with E-state index >= 15 is 0 Å². The van der Waals surface area contributed by atoms with E-state index in [1.165, 1.54) is 0 Å². The fourth-order valence-electron chi connectivity index (χ4n) is 2.50. The first-order valence-corrected chi connectivity index (χ1v) is 11.5. The highest BCUT2D eigenvalue weighted by molar-refractivity contribution is 6.74. The summed E-state index contributed by atoms with van der Waals surface area (Å²) in [6.07, 6.45) is 0. The van der Waals surface area contributed by atoms with E-state index in [1.807, 2.05) is 54.6 Å². The first-order valence-electron chi connectivity index (χ1n) is 8.57. The molecular formula is C21H28O3Si. The Morgan fingerprint density at radius 2 is 1.36 bits per heavy atom. The molecule has 0 unspecified atom stereocenters. The number of rotatable bonds is 5. The van der Waals surface area contributed by atoms with Gasteiger partial charge in [-0.15, -0.1) is 0 Å². The van der Waals surface area contributed by atoms with E-state index in [-0.39, 0.29) is 5.04 Å². The van der Waals surface area contributed by atoms with Gasteiger partial charge in [-0.25, -0.2) is 4.79 Å². The van der Waals surface area contributed by atoms with Crippen molar-refractivity contribution in [1.29, 1.82) is 0 Å².